The van der Waals surface area contributed by atoms with Gasteiger partial charge in [0, 0.05) is 168 Å². The van der Waals surface area contributed by atoms with Crippen LogP contribution in [0.3, 0.4) is 0 Å². The number of rotatable bonds is 8. The molecule has 0 unspecified atom stereocenters. The van der Waals surface area contributed by atoms with E-state index in [0.717, 1.165) is 71.5 Å². The average molecular weight is 1300 g/mol. The number of carboxylic acid groups (broad SMARTS) is 1. The summed E-state index contributed by atoms with van der Waals surface area (Å²) in [6.45, 7) is 14.3. The van der Waals surface area contributed by atoms with Crippen LogP contribution in [0.25, 0.3) is 0 Å². The number of pyridine rings is 5. The van der Waals surface area contributed by atoms with Gasteiger partial charge in [-0.2, -0.15) is 0 Å². The summed E-state index contributed by atoms with van der Waals surface area (Å²) in [6, 6.07) is 34.4. The topological polar surface area (TPSA) is 364 Å². The van der Waals surface area contributed by atoms with Crippen molar-refractivity contribution in [3.63, 3.8) is 0 Å². The molecule has 29 heteroatoms. The molecule has 2 aromatic carbocycles. The Balaban J connectivity index is 0.000000169. The number of nitrogens with two attached hydrogens (primary N) is 1. The van der Waals surface area contributed by atoms with Crippen LogP contribution in [-0.4, -0.2) is 271 Å². The number of hydrogen-bond donors (Lipinski definition) is 6. The van der Waals surface area contributed by atoms with Crippen LogP contribution in [0.15, 0.2) is 158 Å². The number of benzene rings is 2. The van der Waals surface area contributed by atoms with Crippen molar-refractivity contribution >= 4 is 52.8 Å². The molecule has 500 valence electrons. The van der Waals surface area contributed by atoms with Crippen LogP contribution in [0.5, 0.6) is 11.5 Å². The number of carbonyl (C=O) groups is 7. The van der Waals surface area contributed by atoms with Gasteiger partial charge in [0.2, 0.25) is 5.75 Å². The van der Waals surface area contributed by atoms with E-state index in [1.165, 1.54) is 54.6 Å². The van der Waals surface area contributed by atoms with Gasteiger partial charge in [0.15, 0.2) is 5.75 Å². The molecular weight excluding hydrogens is 1220 g/mol. The second kappa shape index (κ2) is 37.0. The number of nitrogens with zero attached hydrogens (tertiary/aromatic N) is 14. The first kappa shape index (κ1) is 71.6. The number of likely N-dealkylation sites (N-methyl/N-ethyl adjacent to an activating group) is 2. The predicted molar refractivity (Wildman–Crippen MR) is 352 cm³/mol. The fourth-order valence-corrected chi connectivity index (χ4v) is 9.90. The highest BCUT2D eigenvalue weighted by Gasteiger charge is 2.31. The van der Waals surface area contributed by atoms with Crippen LogP contribution in [0.4, 0.5) is 11.4 Å². The van der Waals surface area contributed by atoms with E-state index in [1.807, 2.05) is 34.1 Å². The number of aromatic hydroxyl groups is 2. The number of piperazine rings is 5. The number of aromatic carboxylic acids is 1. The summed E-state index contributed by atoms with van der Waals surface area (Å²) in [7, 11) is 4.23. The highest BCUT2D eigenvalue weighted by atomic mass is 16.6. The van der Waals surface area contributed by atoms with Crippen LogP contribution in [0.2, 0.25) is 0 Å². The lowest BCUT2D eigenvalue weighted by molar-refractivity contribution is -0.385. The second-order valence-corrected chi connectivity index (χ2v) is 21.9. The van der Waals surface area contributed by atoms with Gasteiger partial charge in [-0.1, -0.05) is 42.5 Å². The van der Waals surface area contributed by atoms with Gasteiger partial charge in [0.05, 0.1) is 21.7 Å². The summed E-state index contributed by atoms with van der Waals surface area (Å²) in [4.78, 5) is 128. The van der Waals surface area contributed by atoms with E-state index in [-0.39, 0.29) is 70.9 Å². The Kier molecular flexibility index (Phi) is 27.9. The van der Waals surface area contributed by atoms with Gasteiger partial charge in [-0.3, -0.25) is 58.8 Å². The van der Waals surface area contributed by atoms with E-state index < -0.39 is 28.2 Å². The molecule has 95 heavy (non-hydrogen) atoms. The second-order valence-electron chi connectivity index (χ2n) is 21.9. The summed E-state index contributed by atoms with van der Waals surface area (Å²) in [5.41, 5.74) is 7.24. The Labute approximate surface area is 549 Å². The van der Waals surface area contributed by atoms with E-state index in [1.54, 1.807) is 106 Å². The zero-order valence-corrected chi connectivity index (χ0v) is 53.0. The number of carboxylic acids is 1. The van der Waals surface area contributed by atoms with Crippen LogP contribution in [0, 0.1) is 10.1 Å². The maximum absolute atomic E-state index is 12.6. The van der Waals surface area contributed by atoms with E-state index in [4.69, 9.17) is 10.8 Å². The molecule has 5 aromatic heterocycles. The molecule has 29 nitrogen and oxygen atoms in total. The molecule has 5 aliphatic rings. The maximum Gasteiger partial charge on any atom is 0.354 e. The monoisotopic (exact) mass is 1300 g/mol. The number of nitro benzene ring substituents is 1. The molecule has 10 heterocycles. The highest BCUT2D eigenvalue weighted by Crippen LogP contribution is 2.31. The number of para-hydroxylation sites is 2. The molecule has 5 saturated heterocycles. The zero-order chi connectivity index (χ0) is 68.1. The SMILES string of the molecule is CN1CCN(C(=O)c2ccccn2)CC1.CN1CCNCC1.Nc1cccc(C(=O)N2CCN(C(=O)c3ccccn3)CC2)c1O.O=C(O)c1ccccn1.O=C(c1ccccn1)N1CCN(C(=O)c2cccc([N+](=O)[O-])c2O)CC1.O=C(c1ccccn1)N1CCNCC1. The Hall–Kier alpha value is -10.9. The van der Waals surface area contributed by atoms with Crippen molar-refractivity contribution in [2.75, 3.05) is 151 Å². The normalized spacial score (nSPS) is 15.5. The standard InChI is InChI=1S/C17H16N4O5.C17H18N4O3.C11H15N3O.C10H13N3O.C6H5NO2.C5H12N2/c22-15-12(4-3-6-14(15)21(25)26)16(23)19-8-10-20(11-9-19)17(24)13-5-1-2-7-18-13;18-13-5-3-4-12(15(13)22)16(23)20-8-10-21(11-9-20)17(24)14-6-1-2-7-19-14;1-13-6-8-14(9-7-13)11(15)10-4-2-3-5-12-10;14-10(9-3-1-2-4-12-9)13-7-5-11-6-8-13;8-6(9)5-3-1-2-4-7-5;1-7-4-2-6-3-5-7/h1-7,22H,8-11H2;1-7,22H,8-11,18H2;2-5H,6-9H2,1H3;1-4,11H,5-8H2;1-4H,(H,8,9);6H,2-5H2,1H3. The van der Waals surface area contributed by atoms with Crippen LogP contribution >= 0.6 is 0 Å². The molecule has 7 N–H and O–H groups in total. The Bertz CT molecular complexity index is 3610. The molecular formula is C66H79N17O12. The third-order valence-corrected chi connectivity index (χ3v) is 15.4. The van der Waals surface area contributed by atoms with Gasteiger partial charge in [0.1, 0.15) is 28.5 Å². The molecule has 0 atom stereocenters. The molecule has 0 bridgehead atoms. The van der Waals surface area contributed by atoms with Crippen LogP contribution in [-0.2, 0) is 0 Å². The van der Waals surface area contributed by atoms with Gasteiger partial charge in [-0.25, -0.2) is 9.78 Å². The van der Waals surface area contributed by atoms with Crippen molar-refractivity contribution < 1.29 is 53.8 Å². The van der Waals surface area contributed by atoms with Gasteiger partial charge < -0.3 is 70.9 Å². The highest BCUT2D eigenvalue weighted by molar-refractivity contribution is 6.00. The lowest BCUT2D eigenvalue weighted by Gasteiger charge is -2.34. The van der Waals surface area contributed by atoms with Crippen molar-refractivity contribution in [3.8, 4) is 11.5 Å². The maximum atomic E-state index is 12.6. The number of phenolic OH excluding ortho intramolecular Hbond substituents is 2. The minimum atomic E-state index is -0.990. The number of nitro groups is 1. The van der Waals surface area contributed by atoms with Gasteiger partial charge in [-0.15, -0.1) is 0 Å². The number of phenols is 2. The lowest BCUT2D eigenvalue weighted by atomic mass is 10.1. The first-order chi connectivity index (χ1) is 45.9. The van der Waals surface area contributed by atoms with Crippen LogP contribution < -0.4 is 16.4 Å². The van der Waals surface area contributed by atoms with E-state index in [2.05, 4.69) is 59.4 Å². The minimum absolute atomic E-state index is 0.0344. The molecule has 5 aliphatic heterocycles. The van der Waals surface area contributed by atoms with Crippen molar-refractivity contribution in [2.24, 2.45) is 0 Å². The first-order valence-electron chi connectivity index (χ1n) is 30.8. The number of aromatic nitrogens is 5. The number of nitrogens with one attached hydrogen (secondary N) is 2. The first-order valence-corrected chi connectivity index (χ1v) is 30.8. The fourth-order valence-electron chi connectivity index (χ4n) is 9.90. The quantitative estimate of drug-likeness (QED) is 0.0551. The number of hydrogen-bond acceptors (Lipinski definition) is 21. The van der Waals surface area contributed by atoms with Gasteiger partial charge in [0.25, 0.3) is 35.4 Å². The molecule has 0 aliphatic carbocycles. The Morgan fingerprint density at radius 3 is 0.989 bits per heavy atom. The van der Waals surface area contributed by atoms with E-state index in [9.17, 15) is 53.9 Å². The van der Waals surface area contributed by atoms with E-state index in [0.29, 0.717) is 62.0 Å². The Morgan fingerprint density at radius 1 is 0.389 bits per heavy atom. The molecule has 0 saturated carbocycles. The molecule has 0 radical (unpaired) electrons. The lowest BCUT2D eigenvalue weighted by Crippen LogP contribution is -2.50. The van der Waals surface area contributed by atoms with Gasteiger partial charge in [-0.05, 0) is 93.0 Å². The number of nitrogen functional groups attached to an aromatic ring is 1. The smallest absolute Gasteiger partial charge is 0.354 e. The molecule has 7 aromatic rings. The summed E-state index contributed by atoms with van der Waals surface area (Å²) >= 11 is 0. The van der Waals surface area contributed by atoms with E-state index >= 15 is 0 Å². The van der Waals surface area contributed by atoms with Crippen molar-refractivity contribution in [2.45, 2.75) is 0 Å². The third kappa shape index (κ3) is 21.6. The fraction of sp³-hybridized carbons (Fsp3) is 0.333. The summed E-state index contributed by atoms with van der Waals surface area (Å²) in [6.07, 6.45) is 7.87. The predicted octanol–water partition coefficient (Wildman–Crippen LogP) is 3.16. The van der Waals surface area contributed by atoms with Crippen LogP contribution in [0.1, 0.15) is 73.2 Å². The minimum Gasteiger partial charge on any atom is -0.505 e. The Morgan fingerprint density at radius 2 is 0.684 bits per heavy atom. The molecule has 5 fully saturated rings. The number of amides is 6. The largest absolute Gasteiger partial charge is 0.505 e. The molecule has 0 spiro atoms. The van der Waals surface area contributed by atoms with Crippen molar-refractivity contribution in [1.82, 2.24) is 74.8 Å². The average Bonchev–Trinajstić information content (AvgIpc) is 1.06. The molecule has 6 amide bonds. The molecule has 12 rings (SSSR count). The number of carbonyl (C=O) groups excluding carboxylic acids is 6. The van der Waals surface area contributed by atoms with Gasteiger partial charge >= 0.3 is 11.7 Å². The summed E-state index contributed by atoms with van der Waals surface area (Å²) in [5.74, 6) is -2.90. The number of anilines is 1. The summed E-state index contributed by atoms with van der Waals surface area (Å²) in [5, 5.41) is 45.6. The van der Waals surface area contributed by atoms with Crippen molar-refractivity contribution in [3.05, 3.63) is 208 Å². The van der Waals surface area contributed by atoms with Crippen molar-refractivity contribution in [1.29, 1.82) is 0 Å². The third-order valence-electron chi connectivity index (χ3n) is 15.4. The zero-order valence-electron chi connectivity index (χ0n) is 53.0. The summed E-state index contributed by atoms with van der Waals surface area (Å²) < 4.78 is 0.